The van der Waals surface area contributed by atoms with Crippen LogP contribution in [-0.2, 0) is 13.7 Å². The number of aryl methyl sites for hydroxylation is 1. The van der Waals surface area contributed by atoms with Crippen molar-refractivity contribution in [1.82, 2.24) is 20.1 Å². The number of pyridine rings is 1. The number of aromatic nitrogens is 3. The third-order valence-corrected chi connectivity index (χ3v) is 4.29. The maximum Gasteiger partial charge on any atom is 0.320 e. The van der Waals surface area contributed by atoms with E-state index in [0.717, 1.165) is 10.9 Å². The topological polar surface area (TPSA) is 112 Å². The molecule has 2 heterocycles. The van der Waals surface area contributed by atoms with Gasteiger partial charge in [-0.2, -0.15) is 5.10 Å². The van der Waals surface area contributed by atoms with Gasteiger partial charge in [0.2, 0.25) is 0 Å². The predicted molar refractivity (Wildman–Crippen MR) is 102 cm³/mol. The lowest BCUT2D eigenvalue weighted by molar-refractivity contribution is 0.0415. The lowest BCUT2D eigenvalue weighted by Crippen LogP contribution is -2.44. The Morgan fingerprint density at radius 3 is 2.63 bits per heavy atom. The summed E-state index contributed by atoms with van der Waals surface area (Å²) in [5.41, 5.74) is 0.745. The molecule has 8 nitrogen and oxygen atoms in total. The SMILES string of the molecule is Cn1ncc2cc(NC(=O)N[C@@H](c3ccccc3)C(C)(C)O)nc(CO)c21. The van der Waals surface area contributed by atoms with Crippen LogP contribution in [0.1, 0.15) is 31.1 Å². The Morgan fingerprint density at radius 1 is 1.30 bits per heavy atom. The average molecular weight is 369 g/mol. The van der Waals surface area contributed by atoms with Crippen molar-refractivity contribution in [2.45, 2.75) is 32.1 Å². The molecule has 0 aliphatic carbocycles. The van der Waals surface area contributed by atoms with Crippen LogP contribution in [0.25, 0.3) is 10.9 Å². The Balaban J connectivity index is 1.83. The summed E-state index contributed by atoms with van der Waals surface area (Å²) in [6.07, 6.45) is 1.64. The van der Waals surface area contributed by atoms with Crippen LogP contribution in [0.3, 0.4) is 0 Å². The molecule has 0 saturated heterocycles. The van der Waals surface area contributed by atoms with E-state index in [0.29, 0.717) is 17.0 Å². The molecule has 0 spiro atoms. The van der Waals surface area contributed by atoms with Gasteiger partial charge >= 0.3 is 6.03 Å². The Hall–Kier alpha value is -2.97. The van der Waals surface area contributed by atoms with Crippen molar-refractivity contribution in [2.75, 3.05) is 5.32 Å². The Labute approximate surface area is 156 Å². The maximum absolute atomic E-state index is 12.5. The largest absolute Gasteiger partial charge is 0.390 e. The molecule has 0 radical (unpaired) electrons. The van der Waals surface area contributed by atoms with E-state index >= 15 is 0 Å². The molecule has 2 aromatic heterocycles. The van der Waals surface area contributed by atoms with Gasteiger partial charge in [0.05, 0.1) is 35.7 Å². The molecule has 8 heteroatoms. The first-order valence-corrected chi connectivity index (χ1v) is 8.57. The van der Waals surface area contributed by atoms with Crippen LogP contribution in [0.4, 0.5) is 10.6 Å². The average Bonchev–Trinajstić information content (AvgIpc) is 3.00. The number of hydrogen-bond donors (Lipinski definition) is 4. The van der Waals surface area contributed by atoms with E-state index in [1.54, 1.807) is 37.8 Å². The predicted octanol–water partition coefficient (Wildman–Crippen LogP) is 2.09. The minimum absolute atomic E-state index is 0.274. The number of hydrogen-bond acceptors (Lipinski definition) is 5. The van der Waals surface area contributed by atoms with Gasteiger partial charge in [-0.3, -0.25) is 10.00 Å². The molecule has 0 fully saturated rings. The third-order valence-electron chi connectivity index (χ3n) is 4.29. The van der Waals surface area contributed by atoms with Crippen molar-refractivity contribution in [3.63, 3.8) is 0 Å². The fourth-order valence-corrected chi connectivity index (χ4v) is 3.06. The number of nitrogens with one attached hydrogen (secondary N) is 2. The lowest BCUT2D eigenvalue weighted by atomic mass is 9.92. The summed E-state index contributed by atoms with van der Waals surface area (Å²) in [6, 6.07) is 9.80. The summed E-state index contributed by atoms with van der Waals surface area (Å²) in [5.74, 6) is 0.291. The van der Waals surface area contributed by atoms with Gasteiger partial charge in [-0.15, -0.1) is 0 Å². The monoisotopic (exact) mass is 369 g/mol. The van der Waals surface area contributed by atoms with Gasteiger partial charge in [-0.25, -0.2) is 9.78 Å². The number of aliphatic hydroxyl groups excluding tert-OH is 1. The molecule has 0 aliphatic rings. The molecule has 0 saturated carbocycles. The van der Waals surface area contributed by atoms with Crippen molar-refractivity contribution < 1.29 is 15.0 Å². The molecule has 1 aromatic carbocycles. The second-order valence-electron chi connectivity index (χ2n) is 6.91. The third kappa shape index (κ3) is 4.07. The van der Waals surface area contributed by atoms with E-state index in [-0.39, 0.29) is 6.61 Å². The number of anilines is 1. The number of nitrogens with zero attached hydrogens (tertiary/aromatic N) is 3. The van der Waals surface area contributed by atoms with Crippen molar-refractivity contribution in [2.24, 2.45) is 7.05 Å². The molecule has 3 rings (SSSR count). The van der Waals surface area contributed by atoms with Crippen molar-refractivity contribution >= 4 is 22.8 Å². The highest BCUT2D eigenvalue weighted by atomic mass is 16.3. The second-order valence-corrected chi connectivity index (χ2v) is 6.91. The molecular formula is C19H23N5O3. The Bertz CT molecular complexity index is 947. The summed E-state index contributed by atoms with van der Waals surface area (Å²) >= 11 is 0. The second kappa shape index (κ2) is 7.34. The molecule has 2 amide bonds. The van der Waals surface area contributed by atoms with E-state index in [4.69, 9.17) is 0 Å². The van der Waals surface area contributed by atoms with E-state index in [9.17, 15) is 15.0 Å². The fourth-order valence-electron chi connectivity index (χ4n) is 3.06. The van der Waals surface area contributed by atoms with Gasteiger partial charge in [-0.05, 0) is 25.5 Å². The lowest BCUT2D eigenvalue weighted by Gasteiger charge is -2.30. The number of carbonyl (C=O) groups is 1. The zero-order valence-electron chi connectivity index (χ0n) is 15.5. The molecular weight excluding hydrogens is 346 g/mol. The van der Waals surface area contributed by atoms with Crippen LogP contribution in [0.2, 0.25) is 0 Å². The summed E-state index contributed by atoms with van der Waals surface area (Å²) in [6.45, 7) is 2.99. The molecule has 1 atom stereocenters. The molecule has 27 heavy (non-hydrogen) atoms. The number of rotatable bonds is 5. The quantitative estimate of drug-likeness (QED) is 0.550. The van der Waals surface area contributed by atoms with Crippen LogP contribution in [0.15, 0.2) is 42.6 Å². The number of fused-ring (bicyclic) bond motifs is 1. The van der Waals surface area contributed by atoms with E-state index in [2.05, 4.69) is 20.7 Å². The highest BCUT2D eigenvalue weighted by Gasteiger charge is 2.30. The summed E-state index contributed by atoms with van der Waals surface area (Å²) in [5, 5.41) is 30.4. The first-order valence-electron chi connectivity index (χ1n) is 8.57. The number of amides is 2. The van der Waals surface area contributed by atoms with Crippen LogP contribution >= 0.6 is 0 Å². The molecule has 142 valence electrons. The van der Waals surface area contributed by atoms with Crippen molar-refractivity contribution in [3.8, 4) is 0 Å². The van der Waals surface area contributed by atoms with Crippen LogP contribution in [-0.4, -0.2) is 36.6 Å². The van der Waals surface area contributed by atoms with Gasteiger partial charge in [0, 0.05) is 12.4 Å². The molecule has 3 aromatic rings. The van der Waals surface area contributed by atoms with Gasteiger partial charge in [-0.1, -0.05) is 30.3 Å². The van der Waals surface area contributed by atoms with Gasteiger partial charge in [0.25, 0.3) is 0 Å². The zero-order chi connectivity index (χ0) is 19.6. The summed E-state index contributed by atoms with van der Waals surface area (Å²) in [4.78, 5) is 16.8. The number of urea groups is 1. The first kappa shape index (κ1) is 18.8. The first-order chi connectivity index (χ1) is 12.8. The minimum Gasteiger partial charge on any atom is -0.390 e. The smallest absolute Gasteiger partial charge is 0.320 e. The van der Waals surface area contributed by atoms with Gasteiger partial charge in [0.1, 0.15) is 5.82 Å². The van der Waals surface area contributed by atoms with Crippen molar-refractivity contribution in [3.05, 3.63) is 53.9 Å². The van der Waals surface area contributed by atoms with Crippen LogP contribution < -0.4 is 10.6 Å². The van der Waals surface area contributed by atoms with Gasteiger partial charge in [0.15, 0.2) is 0 Å². The Morgan fingerprint density at radius 2 is 2.00 bits per heavy atom. The Kier molecular flexibility index (Phi) is 5.11. The summed E-state index contributed by atoms with van der Waals surface area (Å²) in [7, 11) is 1.76. The number of aliphatic hydroxyl groups is 2. The highest BCUT2D eigenvalue weighted by Crippen LogP contribution is 2.26. The summed E-state index contributed by atoms with van der Waals surface area (Å²) < 4.78 is 1.62. The van der Waals surface area contributed by atoms with Crippen LogP contribution in [0, 0.1) is 0 Å². The number of carbonyl (C=O) groups excluding carboxylic acids is 1. The van der Waals surface area contributed by atoms with E-state index in [1.807, 2.05) is 30.3 Å². The highest BCUT2D eigenvalue weighted by molar-refractivity contribution is 5.92. The van der Waals surface area contributed by atoms with Crippen LogP contribution in [0.5, 0.6) is 0 Å². The maximum atomic E-state index is 12.5. The number of benzene rings is 1. The molecule has 4 N–H and O–H groups in total. The van der Waals surface area contributed by atoms with E-state index < -0.39 is 17.7 Å². The normalized spacial score (nSPS) is 12.8. The minimum atomic E-state index is -1.17. The molecule has 0 unspecified atom stereocenters. The molecule has 0 aliphatic heterocycles. The standard InChI is InChI=1S/C19H23N5O3/c1-19(2,27)17(12-7-5-4-6-8-12)23-18(26)22-15-9-13-10-20-24(3)16(13)14(11-25)21-15/h4-10,17,25,27H,11H2,1-3H3,(H2,21,22,23,26)/t17-/m0/s1. The van der Waals surface area contributed by atoms with Crippen molar-refractivity contribution in [1.29, 1.82) is 0 Å². The molecule has 0 bridgehead atoms. The zero-order valence-corrected chi connectivity index (χ0v) is 15.5. The van der Waals surface area contributed by atoms with Gasteiger partial charge < -0.3 is 15.5 Å². The van der Waals surface area contributed by atoms with E-state index in [1.165, 1.54) is 0 Å². The fraction of sp³-hybridized carbons (Fsp3) is 0.316.